The zero-order valence-electron chi connectivity index (χ0n) is 13.5. The Bertz CT molecular complexity index is 1030. The molecule has 1 aromatic heterocycles. The molecule has 4 rings (SSSR count). The smallest absolute Gasteiger partial charge is 0.194 e. The van der Waals surface area contributed by atoms with Gasteiger partial charge in [-0.3, -0.25) is 4.79 Å². The first kappa shape index (κ1) is 15.6. The molecule has 0 radical (unpaired) electrons. The number of thiophene rings is 1. The number of hydrogen-bond donors (Lipinski definition) is 1. The molecule has 3 aromatic carbocycles. The molecular weight excluding hydrogens is 328 g/mol. The molecule has 1 N–H and O–H groups in total. The Morgan fingerprint density at radius 3 is 2.28 bits per heavy atom. The van der Waals surface area contributed by atoms with Crippen LogP contribution in [0.25, 0.3) is 10.1 Å². The third-order valence-electron chi connectivity index (χ3n) is 4.23. The summed E-state index contributed by atoms with van der Waals surface area (Å²) in [6, 6.07) is 24.7. The lowest BCUT2D eigenvalue weighted by molar-refractivity contribution is 0.104. The Hall–Kier alpha value is -2.91. The lowest BCUT2D eigenvalue weighted by atomic mass is 9.98. The van der Waals surface area contributed by atoms with Crippen molar-refractivity contribution in [1.29, 1.82) is 0 Å². The first-order valence-electron chi connectivity index (χ1n) is 8.10. The second-order valence-corrected chi connectivity index (χ2v) is 7.07. The molecule has 4 aromatic rings. The van der Waals surface area contributed by atoms with Crippen LogP contribution in [0.1, 0.15) is 26.4 Å². The van der Waals surface area contributed by atoms with Gasteiger partial charge in [-0.1, -0.05) is 48.5 Å². The molecule has 1 heterocycles. The zero-order valence-corrected chi connectivity index (χ0v) is 14.3. The van der Waals surface area contributed by atoms with Gasteiger partial charge in [-0.2, -0.15) is 0 Å². The summed E-state index contributed by atoms with van der Waals surface area (Å²) in [5, 5.41) is 10.5. The van der Waals surface area contributed by atoms with Crippen LogP contribution in [0, 0.1) is 0 Å². The number of carbonyl (C=O) groups excluding carboxylic acids is 1. The van der Waals surface area contributed by atoms with Crippen molar-refractivity contribution < 1.29 is 9.90 Å². The highest BCUT2D eigenvalue weighted by Crippen LogP contribution is 2.34. The minimum atomic E-state index is 0.00313. The maximum atomic E-state index is 13.2. The molecule has 0 aliphatic heterocycles. The summed E-state index contributed by atoms with van der Waals surface area (Å²) in [6.07, 6.45) is 0.735. The number of rotatable bonds is 4. The highest BCUT2D eigenvalue weighted by atomic mass is 32.1. The van der Waals surface area contributed by atoms with Crippen molar-refractivity contribution in [1.82, 2.24) is 0 Å². The number of benzene rings is 3. The fourth-order valence-electron chi connectivity index (χ4n) is 3.01. The number of hydrogen-bond acceptors (Lipinski definition) is 3. The molecule has 2 nitrogen and oxygen atoms in total. The molecule has 0 spiro atoms. The number of fused-ring (bicyclic) bond motifs is 1. The van der Waals surface area contributed by atoms with Gasteiger partial charge in [-0.25, -0.2) is 0 Å². The van der Waals surface area contributed by atoms with E-state index in [9.17, 15) is 9.90 Å². The number of carbonyl (C=O) groups is 1. The Labute approximate surface area is 150 Å². The van der Waals surface area contributed by atoms with Gasteiger partial charge in [0.15, 0.2) is 5.78 Å². The van der Waals surface area contributed by atoms with E-state index in [1.807, 2.05) is 36.4 Å². The van der Waals surface area contributed by atoms with Crippen LogP contribution in [0.4, 0.5) is 0 Å². The molecule has 0 aliphatic rings. The average Bonchev–Trinajstić information content (AvgIpc) is 3.00. The largest absolute Gasteiger partial charge is 0.508 e. The summed E-state index contributed by atoms with van der Waals surface area (Å²) >= 11 is 1.67. The van der Waals surface area contributed by atoms with E-state index < -0.39 is 0 Å². The fraction of sp³-hybridized carbons (Fsp3) is 0.0455. The van der Waals surface area contributed by atoms with Crippen LogP contribution < -0.4 is 0 Å². The van der Waals surface area contributed by atoms with Gasteiger partial charge >= 0.3 is 0 Å². The Balaban J connectivity index is 1.84. The zero-order chi connectivity index (χ0) is 17.2. The van der Waals surface area contributed by atoms with Crippen molar-refractivity contribution in [2.24, 2.45) is 0 Å². The summed E-state index contributed by atoms with van der Waals surface area (Å²) in [4.78, 5) is 14.2. The standard InChI is InChI=1S/C22H16O2S/c23-17-12-10-16(11-13-17)22(24)21-18-8-4-5-9-19(18)25-20(21)14-15-6-2-1-3-7-15/h1-13,23H,14H2. The van der Waals surface area contributed by atoms with E-state index in [1.54, 1.807) is 35.6 Å². The van der Waals surface area contributed by atoms with Crippen LogP contribution in [-0.2, 0) is 6.42 Å². The molecule has 0 saturated carbocycles. The van der Waals surface area contributed by atoms with Gasteiger partial charge in [0.1, 0.15) is 5.75 Å². The van der Waals surface area contributed by atoms with Gasteiger partial charge < -0.3 is 5.11 Å². The molecule has 0 bridgehead atoms. The Morgan fingerprint density at radius 2 is 1.52 bits per heavy atom. The maximum absolute atomic E-state index is 13.2. The second-order valence-electron chi connectivity index (χ2n) is 5.93. The SMILES string of the molecule is O=C(c1ccc(O)cc1)c1c(Cc2ccccc2)sc2ccccc12. The molecule has 0 unspecified atom stereocenters. The van der Waals surface area contributed by atoms with E-state index >= 15 is 0 Å². The Kier molecular flexibility index (Phi) is 4.08. The van der Waals surface area contributed by atoms with Crippen molar-refractivity contribution in [2.75, 3.05) is 0 Å². The van der Waals surface area contributed by atoms with Crippen LogP contribution in [0.3, 0.4) is 0 Å². The molecule has 0 amide bonds. The summed E-state index contributed by atoms with van der Waals surface area (Å²) in [6.45, 7) is 0. The predicted octanol–water partition coefficient (Wildman–Crippen LogP) is 5.43. The van der Waals surface area contributed by atoms with Crippen LogP contribution >= 0.6 is 11.3 Å². The summed E-state index contributed by atoms with van der Waals surface area (Å²) in [5.41, 5.74) is 2.56. The van der Waals surface area contributed by atoms with Gasteiger partial charge in [0.05, 0.1) is 0 Å². The first-order valence-corrected chi connectivity index (χ1v) is 8.92. The van der Waals surface area contributed by atoms with E-state index in [1.165, 1.54) is 5.56 Å². The summed E-state index contributed by atoms with van der Waals surface area (Å²) < 4.78 is 1.12. The Morgan fingerprint density at radius 1 is 0.840 bits per heavy atom. The number of phenolic OH excluding ortho intramolecular Hbond substituents is 1. The number of aromatic hydroxyl groups is 1. The van der Waals surface area contributed by atoms with Gasteiger partial charge in [0, 0.05) is 32.5 Å². The first-order chi connectivity index (χ1) is 12.2. The number of phenols is 1. The molecular formula is C22H16O2S. The minimum Gasteiger partial charge on any atom is -0.508 e. The van der Waals surface area contributed by atoms with Gasteiger partial charge in [-0.05, 0) is 35.9 Å². The summed E-state index contributed by atoms with van der Waals surface area (Å²) in [5.74, 6) is 0.166. The van der Waals surface area contributed by atoms with Gasteiger partial charge in [-0.15, -0.1) is 11.3 Å². The van der Waals surface area contributed by atoms with E-state index in [-0.39, 0.29) is 11.5 Å². The van der Waals surface area contributed by atoms with Crippen LogP contribution in [-0.4, -0.2) is 10.9 Å². The lowest BCUT2D eigenvalue weighted by Gasteiger charge is -2.05. The van der Waals surface area contributed by atoms with E-state index in [4.69, 9.17) is 0 Å². The van der Waals surface area contributed by atoms with Crippen molar-refractivity contribution in [3.05, 3.63) is 100 Å². The molecule has 3 heteroatoms. The van der Waals surface area contributed by atoms with Crippen molar-refractivity contribution in [3.63, 3.8) is 0 Å². The van der Waals surface area contributed by atoms with E-state index in [2.05, 4.69) is 18.2 Å². The third-order valence-corrected chi connectivity index (χ3v) is 5.40. The second kappa shape index (κ2) is 6.54. The molecule has 0 saturated heterocycles. The highest BCUT2D eigenvalue weighted by Gasteiger charge is 2.20. The molecule has 0 aliphatic carbocycles. The monoisotopic (exact) mass is 344 g/mol. The van der Waals surface area contributed by atoms with Gasteiger partial charge in [0.25, 0.3) is 0 Å². The maximum Gasteiger partial charge on any atom is 0.194 e. The molecule has 0 atom stereocenters. The topological polar surface area (TPSA) is 37.3 Å². The molecule has 122 valence electrons. The predicted molar refractivity (Wildman–Crippen MR) is 103 cm³/mol. The highest BCUT2D eigenvalue weighted by molar-refractivity contribution is 7.19. The number of ketones is 1. The fourth-order valence-corrected chi connectivity index (χ4v) is 4.24. The molecule has 25 heavy (non-hydrogen) atoms. The average molecular weight is 344 g/mol. The van der Waals surface area contributed by atoms with E-state index in [0.29, 0.717) is 5.56 Å². The van der Waals surface area contributed by atoms with Crippen LogP contribution in [0.5, 0.6) is 5.75 Å². The van der Waals surface area contributed by atoms with Gasteiger partial charge in [0.2, 0.25) is 0 Å². The van der Waals surface area contributed by atoms with Crippen LogP contribution in [0.2, 0.25) is 0 Å². The van der Waals surface area contributed by atoms with Crippen LogP contribution in [0.15, 0.2) is 78.9 Å². The minimum absolute atomic E-state index is 0.00313. The summed E-state index contributed by atoms with van der Waals surface area (Å²) in [7, 11) is 0. The van der Waals surface area contributed by atoms with Crippen molar-refractivity contribution >= 4 is 27.2 Å². The third kappa shape index (κ3) is 3.06. The van der Waals surface area contributed by atoms with Crippen molar-refractivity contribution in [2.45, 2.75) is 6.42 Å². The quantitative estimate of drug-likeness (QED) is 0.501. The van der Waals surface area contributed by atoms with Crippen molar-refractivity contribution in [3.8, 4) is 5.75 Å². The lowest BCUT2D eigenvalue weighted by Crippen LogP contribution is -2.03. The molecule has 0 fully saturated rings. The van der Waals surface area contributed by atoms with E-state index in [0.717, 1.165) is 26.9 Å². The normalized spacial score (nSPS) is 10.9.